The summed E-state index contributed by atoms with van der Waals surface area (Å²) in [6.07, 6.45) is 0. The number of benzene rings is 2. The Morgan fingerprint density at radius 2 is 1.87 bits per heavy atom. The summed E-state index contributed by atoms with van der Waals surface area (Å²) < 4.78 is 5.32. The first-order valence-electron chi connectivity index (χ1n) is 7.56. The highest BCUT2D eigenvalue weighted by Gasteiger charge is 2.31. The summed E-state index contributed by atoms with van der Waals surface area (Å²) in [6, 6.07) is 16.0. The quantitative estimate of drug-likeness (QED) is 0.902. The second kappa shape index (κ2) is 7.68. The number of methoxy groups -OCH3 is 1. The van der Waals surface area contributed by atoms with Crippen LogP contribution < -0.4 is 10.5 Å². The summed E-state index contributed by atoms with van der Waals surface area (Å²) in [5.41, 5.74) is 8.61. The summed E-state index contributed by atoms with van der Waals surface area (Å²) in [4.78, 5) is 2.32. The molecule has 0 aliphatic carbocycles. The van der Waals surface area contributed by atoms with Crippen LogP contribution in [0.25, 0.3) is 0 Å². The van der Waals surface area contributed by atoms with Gasteiger partial charge >= 0.3 is 0 Å². The number of nitrogens with zero attached hydrogens (tertiary/aromatic N) is 1. The summed E-state index contributed by atoms with van der Waals surface area (Å²) in [5.74, 6) is 1.09. The molecule has 0 saturated carbocycles. The zero-order valence-electron chi connectivity index (χ0n) is 13.2. The predicted octanol–water partition coefficient (Wildman–Crippen LogP) is 2.75. The van der Waals surface area contributed by atoms with Gasteiger partial charge in [-0.25, -0.2) is 0 Å². The van der Waals surface area contributed by atoms with Gasteiger partial charge in [0.25, 0.3) is 0 Å². The van der Waals surface area contributed by atoms with Crippen molar-refractivity contribution in [1.82, 2.24) is 4.90 Å². The maximum absolute atomic E-state index is 9.88. The summed E-state index contributed by atoms with van der Waals surface area (Å²) >= 11 is 0. The average Bonchev–Trinajstić information content (AvgIpc) is 2.89. The molecule has 3 N–H and O–H groups in total. The lowest BCUT2D eigenvalue weighted by Gasteiger charge is -2.18. The van der Waals surface area contributed by atoms with Gasteiger partial charge in [-0.1, -0.05) is 42.5 Å². The first-order chi connectivity index (χ1) is 10.7. The van der Waals surface area contributed by atoms with Crippen LogP contribution in [0, 0.1) is 0 Å². The highest BCUT2D eigenvalue weighted by atomic mass is 35.5. The molecule has 23 heavy (non-hydrogen) atoms. The lowest BCUT2D eigenvalue weighted by molar-refractivity contribution is 0.309. The molecule has 124 valence electrons. The number of ether oxygens (including phenoxy) is 1. The van der Waals surface area contributed by atoms with E-state index in [1.54, 1.807) is 13.2 Å². The predicted molar refractivity (Wildman–Crippen MR) is 94.3 cm³/mol. The smallest absolute Gasteiger partial charge is 0.164 e. The Morgan fingerprint density at radius 3 is 2.57 bits per heavy atom. The monoisotopic (exact) mass is 334 g/mol. The Hall–Kier alpha value is -1.75. The standard InChI is InChI=1S/C18H22N2O2.ClH/c1-22-18-14(8-5-9-17(18)21)10-20-11-15(16(19)12-20)13-6-3-2-4-7-13;/h2-9,15-16,21H,10-12,19H2,1H3;1H/t15-,16+;/m0./s1. The van der Waals surface area contributed by atoms with E-state index in [2.05, 4.69) is 29.2 Å². The van der Waals surface area contributed by atoms with Crippen LogP contribution >= 0.6 is 12.4 Å². The number of hydrogen-bond donors (Lipinski definition) is 2. The van der Waals surface area contributed by atoms with Crippen molar-refractivity contribution in [3.05, 3.63) is 59.7 Å². The zero-order valence-corrected chi connectivity index (χ0v) is 14.0. The molecule has 4 nitrogen and oxygen atoms in total. The van der Waals surface area contributed by atoms with Crippen LogP contribution in [0.1, 0.15) is 17.0 Å². The third kappa shape index (κ3) is 3.78. The molecule has 0 spiro atoms. The molecule has 0 bridgehead atoms. The molecule has 1 saturated heterocycles. The second-order valence-corrected chi connectivity index (χ2v) is 5.84. The largest absolute Gasteiger partial charge is 0.504 e. The van der Waals surface area contributed by atoms with Crippen molar-refractivity contribution in [2.45, 2.75) is 18.5 Å². The summed E-state index contributed by atoms with van der Waals surface area (Å²) in [7, 11) is 1.58. The van der Waals surface area contributed by atoms with Crippen molar-refractivity contribution in [2.24, 2.45) is 5.73 Å². The topological polar surface area (TPSA) is 58.7 Å². The van der Waals surface area contributed by atoms with E-state index >= 15 is 0 Å². The van der Waals surface area contributed by atoms with Gasteiger partial charge in [0.15, 0.2) is 11.5 Å². The van der Waals surface area contributed by atoms with Gasteiger partial charge in [0.05, 0.1) is 7.11 Å². The van der Waals surface area contributed by atoms with Crippen LogP contribution in [0.15, 0.2) is 48.5 Å². The van der Waals surface area contributed by atoms with Crippen molar-refractivity contribution in [2.75, 3.05) is 20.2 Å². The molecule has 2 aromatic rings. The van der Waals surface area contributed by atoms with E-state index in [1.807, 2.05) is 18.2 Å². The SMILES string of the molecule is COc1c(O)cccc1CN1C[C@@H](N)[C@H](c2ccccc2)C1.Cl. The second-order valence-electron chi connectivity index (χ2n) is 5.84. The average molecular weight is 335 g/mol. The number of phenols is 1. The van der Waals surface area contributed by atoms with Gasteiger partial charge in [-0.05, 0) is 11.6 Å². The molecule has 1 heterocycles. The lowest BCUT2D eigenvalue weighted by atomic mass is 9.95. The highest BCUT2D eigenvalue weighted by molar-refractivity contribution is 5.85. The Kier molecular flexibility index (Phi) is 5.88. The van der Waals surface area contributed by atoms with Gasteiger partial charge in [-0.3, -0.25) is 4.90 Å². The molecule has 1 aliphatic heterocycles. The van der Waals surface area contributed by atoms with Crippen molar-refractivity contribution in [1.29, 1.82) is 0 Å². The number of nitrogens with two attached hydrogens (primary N) is 1. The number of para-hydroxylation sites is 1. The fourth-order valence-electron chi connectivity index (χ4n) is 3.27. The third-order valence-corrected chi connectivity index (χ3v) is 4.34. The first kappa shape index (κ1) is 17.6. The Morgan fingerprint density at radius 1 is 1.13 bits per heavy atom. The summed E-state index contributed by atoms with van der Waals surface area (Å²) in [5, 5.41) is 9.88. The third-order valence-electron chi connectivity index (χ3n) is 4.34. The Labute approximate surface area is 143 Å². The molecule has 1 aliphatic rings. The van der Waals surface area contributed by atoms with Crippen LogP contribution in [0.3, 0.4) is 0 Å². The number of phenolic OH excluding ortho intramolecular Hbond substituents is 1. The van der Waals surface area contributed by atoms with Crippen molar-refractivity contribution >= 4 is 12.4 Å². The van der Waals surface area contributed by atoms with Gasteiger partial charge in [0.2, 0.25) is 0 Å². The number of aromatic hydroxyl groups is 1. The molecule has 0 radical (unpaired) electrons. The van der Waals surface area contributed by atoms with Crippen molar-refractivity contribution < 1.29 is 9.84 Å². The minimum atomic E-state index is 0. The number of hydrogen-bond acceptors (Lipinski definition) is 4. The van der Waals surface area contributed by atoms with Crippen LogP contribution in [-0.4, -0.2) is 36.2 Å². The van der Waals surface area contributed by atoms with Gasteiger partial charge in [-0.15, -0.1) is 12.4 Å². The fourth-order valence-corrected chi connectivity index (χ4v) is 3.27. The summed E-state index contributed by atoms with van der Waals surface area (Å²) in [6.45, 7) is 2.50. The van der Waals surface area contributed by atoms with E-state index in [-0.39, 0.29) is 24.2 Å². The van der Waals surface area contributed by atoms with Gasteiger partial charge < -0.3 is 15.6 Å². The molecule has 2 atom stereocenters. The van der Waals surface area contributed by atoms with E-state index in [4.69, 9.17) is 10.5 Å². The Bertz CT molecular complexity index is 636. The van der Waals surface area contributed by atoms with Gasteiger partial charge in [-0.2, -0.15) is 0 Å². The zero-order chi connectivity index (χ0) is 15.5. The maximum atomic E-state index is 9.88. The minimum Gasteiger partial charge on any atom is -0.504 e. The number of likely N-dealkylation sites (tertiary alicyclic amines) is 1. The van der Waals surface area contributed by atoms with E-state index in [1.165, 1.54) is 5.56 Å². The highest BCUT2D eigenvalue weighted by Crippen LogP contribution is 2.33. The lowest BCUT2D eigenvalue weighted by Crippen LogP contribution is -2.28. The fraction of sp³-hybridized carbons (Fsp3) is 0.333. The van der Waals surface area contributed by atoms with Crippen molar-refractivity contribution in [3.8, 4) is 11.5 Å². The van der Waals surface area contributed by atoms with E-state index in [0.717, 1.165) is 25.2 Å². The molecule has 5 heteroatoms. The van der Waals surface area contributed by atoms with E-state index in [0.29, 0.717) is 11.7 Å². The van der Waals surface area contributed by atoms with Gasteiger partial charge in [0, 0.05) is 37.2 Å². The van der Waals surface area contributed by atoms with Crippen LogP contribution in [0.4, 0.5) is 0 Å². The normalized spacial score (nSPS) is 21.0. The molecule has 0 aromatic heterocycles. The molecule has 0 unspecified atom stereocenters. The van der Waals surface area contributed by atoms with E-state index in [9.17, 15) is 5.11 Å². The van der Waals surface area contributed by atoms with E-state index < -0.39 is 0 Å². The first-order valence-corrected chi connectivity index (χ1v) is 7.56. The number of rotatable bonds is 4. The van der Waals surface area contributed by atoms with Crippen LogP contribution in [0.5, 0.6) is 11.5 Å². The molecule has 2 aromatic carbocycles. The molecular formula is C18H23ClN2O2. The molecule has 0 amide bonds. The molecule has 1 fully saturated rings. The Balaban J connectivity index is 0.00000192. The van der Waals surface area contributed by atoms with Crippen LogP contribution in [-0.2, 0) is 6.54 Å². The molecular weight excluding hydrogens is 312 g/mol. The molecule has 3 rings (SSSR count). The minimum absolute atomic E-state index is 0. The van der Waals surface area contributed by atoms with Crippen LogP contribution in [0.2, 0.25) is 0 Å². The van der Waals surface area contributed by atoms with Gasteiger partial charge in [0.1, 0.15) is 0 Å². The van der Waals surface area contributed by atoms with Crippen molar-refractivity contribution in [3.63, 3.8) is 0 Å². The number of halogens is 1. The maximum Gasteiger partial charge on any atom is 0.164 e.